The smallest absolute Gasteiger partial charge is 0.305 e. The van der Waals surface area contributed by atoms with Gasteiger partial charge in [-0.3, -0.25) is 9.36 Å². The Morgan fingerprint density at radius 1 is 0.600 bits per heavy atom. The van der Waals surface area contributed by atoms with E-state index in [1.807, 2.05) is 27.2 Å². The van der Waals surface area contributed by atoms with Crippen molar-refractivity contribution in [1.29, 1.82) is 0 Å². The van der Waals surface area contributed by atoms with Gasteiger partial charge in [-0.25, -0.2) is 0 Å². The number of phosphoric acid groups is 1. The van der Waals surface area contributed by atoms with Crippen LogP contribution in [-0.4, -0.2) is 64.1 Å². The van der Waals surface area contributed by atoms with Crippen LogP contribution in [0.25, 0.3) is 0 Å². The van der Waals surface area contributed by atoms with Crippen molar-refractivity contribution in [2.24, 2.45) is 0 Å². The molecule has 0 N–H and O–H groups in total. The molecule has 0 heterocycles. The lowest BCUT2D eigenvalue weighted by molar-refractivity contribution is -0.870. The fourth-order valence-corrected chi connectivity index (χ4v) is 6.13. The molecule has 0 saturated heterocycles. The molecule has 0 aliphatic carbocycles. The minimum atomic E-state index is -4.53. The highest BCUT2D eigenvalue weighted by Crippen LogP contribution is 2.38. The molecule has 0 fully saturated rings. The van der Waals surface area contributed by atoms with Gasteiger partial charge in [0.05, 0.1) is 34.0 Å². The third-order valence-corrected chi connectivity index (χ3v) is 9.79. The van der Waals surface area contributed by atoms with E-state index in [-0.39, 0.29) is 25.8 Å². The number of rotatable bonds is 39. The first-order valence-corrected chi connectivity index (χ1v) is 23.2. The second kappa shape index (κ2) is 38.6. The van der Waals surface area contributed by atoms with Gasteiger partial charge in [-0.2, -0.15) is 0 Å². The number of carbonyl (C=O) groups excluding carboxylic acids is 1. The summed E-state index contributed by atoms with van der Waals surface area (Å²) in [6, 6.07) is 0. The molecule has 55 heavy (non-hydrogen) atoms. The summed E-state index contributed by atoms with van der Waals surface area (Å²) >= 11 is 0. The van der Waals surface area contributed by atoms with Gasteiger partial charge in [0.1, 0.15) is 19.8 Å². The first-order valence-electron chi connectivity index (χ1n) is 21.7. The Bertz CT molecular complexity index is 1110. The first kappa shape index (κ1) is 52.8. The maximum atomic E-state index is 12.5. The van der Waals surface area contributed by atoms with Gasteiger partial charge in [0.2, 0.25) is 0 Å². The molecule has 0 amide bonds. The van der Waals surface area contributed by atoms with Gasteiger partial charge >= 0.3 is 5.97 Å². The van der Waals surface area contributed by atoms with Gasteiger partial charge in [0, 0.05) is 6.42 Å². The zero-order valence-electron chi connectivity index (χ0n) is 35.8. The molecule has 0 radical (unpaired) electrons. The van der Waals surface area contributed by atoms with Gasteiger partial charge in [-0.05, 0) is 89.5 Å². The van der Waals surface area contributed by atoms with E-state index in [2.05, 4.69) is 74.6 Å². The molecule has 0 aromatic rings. The molecule has 2 unspecified atom stereocenters. The molecule has 0 aromatic heterocycles. The van der Waals surface area contributed by atoms with Crippen molar-refractivity contribution < 1.29 is 37.3 Å². The second-order valence-electron chi connectivity index (χ2n) is 15.4. The Balaban J connectivity index is 4.37. The van der Waals surface area contributed by atoms with Crippen LogP contribution < -0.4 is 4.89 Å². The molecule has 0 aromatic carbocycles. The summed E-state index contributed by atoms with van der Waals surface area (Å²) in [6.07, 6.45) is 50.1. The highest BCUT2D eigenvalue weighted by atomic mass is 31.2. The maximum Gasteiger partial charge on any atom is 0.305 e. The number of carbonyl (C=O) groups is 1. The van der Waals surface area contributed by atoms with Crippen molar-refractivity contribution in [1.82, 2.24) is 0 Å². The molecule has 0 bridgehead atoms. The topological polar surface area (TPSA) is 94.1 Å². The summed E-state index contributed by atoms with van der Waals surface area (Å²) in [6.45, 7) is 4.53. The molecule has 318 valence electrons. The highest BCUT2D eigenvalue weighted by molar-refractivity contribution is 7.45. The molecule has 0 saturated carbocycles. The van der Waals surface area contributed by atoms with Crippen LogP contribution >= 0.6 is 7.82 Å². The van der Waals surface area contributed by atoms with E-state index >= 15 is 0 Å². The number of hydrogen-bond acceptors (Lipinski definition) is 7. The van der Waals surface area contributed by atoms with Gasteiger partial charge in [0.15, 0.2) is 6.10 Å². The number of phosphoric ester groups is 1. The second-order valence-corrected chi connectivity index (χ2v) is 16.8. The number of unbranched alkanes of at least 4 members (excludes halogenated alkanes) is 15. The predicted molar refractivity (Wildman–Crippen MR) is 231 cm³/mol. The van der Waals surface area contributed by atoms with E-state index in [0.717, 1.165) is 83.5 Å². The van der Waals surface area contributed by atoms with Crippen molar-refractivity contribution in [3.05, 3.63) is 73.1 Å². The van der Waals surface area contributed by atoms with E-state index in [1.54, 1.807) is 6.26 Å². The van der Waals surface area contributed by atoms with Gasteiger partial charge < -0.3 is 27.9 Å². The molecular formula is C46H82NO7P. The molecule has 8 nitrogen and oxygen atoms in total. The van der Waals surface area contributed by atoms with Crippen LogP contribution in [-0.2, 0) is 27.9 Å². The first-order chi connectivity index (χ1) is 26.6. The largest absolute Gasteiger partial charge is 0.756 e. The number of likely N-dealkylation sites (N-methyl/N-ethyl adjacent to an activating group) is 1. The van der Waals surface area contributed by atoms with Crippen LogP contribution in [0, 0.1) is 0 Å². The van der Waals surface area contributed by atoms with E-state index in [1.165, 1.54) is 57.8 Å². The van der Waals surface area contributed by atoms with Crippen LogP contribution in [0.15, 0.2) is 73.1 Å². The Hall–Kier alpha value is -2.22. The number of esters is 1. The van der Waals surface area contributed by atoms with Gasteiger partial charge in [-0.1, -0.05) is 132 Å². The average molecular weight is 792 g/mol. The SMILES string of the molecule is CC/C=C\C/C=C\C/C=C\C/C=C\CCCCCCC(=O)OCC(COP(=O)([O-])OCC[N+](C)(C)C)O/C=C\CCCCCC/C=C\CCCCCCCC. The molecular weight excluding hydrogens is 709 g/mol. The van der Waals surface area contributed by atoms with Crippen LogP contribution in [0.3, 0.4) is 0 Å². The quantitative estimate of drug-likeness (QED) is 0.0153. The van der Waals surface area contributed by atoms with Crippen LogP contribution in [0.2, 0.25) is 0 Å². The fourth-order valence-electron chi connectivity index (χ4n) is 5.40. The van der Waals surface area contributed by atoms with E-state index in [4.69, 9.17) is 18.5 Å². The summed E-state index contributed by atoms with van der Waals surface area (Å²) < 4.78 is 34.3. The summed E-state index contributed by atoms with van der Waals surface area (Å²) in [4.78, 5) is 24.8. The number of ether oxygens (including phenoxy) is 2. The summed E-state index contributed by atoms with van der Waals surface area (Å²) in [5, 5.41) is 0. The number of nitrogens with zero attached hydrogens (tertiary/aromatic N) is 1. The van der Waals surface area contributed by atoms with E-state index < -0.39 is 13.9 Å². The average Bonchev–Trinajstić information content (AvgIpc) is 3.14. The van der Waals surface area contributed by atoms with Crippen molar-refractivity contribution in [3.63, 3.8) is 0 Å². The third kappa shape index (κ3) is 42.8. The lowest BCUT2D eigenvalue weighted by atomic mass is 10.1. The van der Waals surface area contributed by atoms with Crippen LogP contribution in [0.1, 0.15) is 162 Å². The van der Waals surface area contributed by atoms with Crippen molar-refractivity contribution in [2.45, 2.75) is 168 Å². The highest BCUT2D eigenvalue weighted by Gasteiger charge is 2.19. The minimum absolute atomic E-state index is 0.0175. The van der Waals surface area contributed by atoms with Gasteiger partial charge in [0.25, 0.3) is 7.82 Å². The van der Waals surface area contributed by atoms with E-state index in [0.29, 0.717) is 17.4 Å². The number of allylic oxidation sites excluding steroid dienone is 11. The van der Waals surface area contributed by atoms with Gasteiger partial charge in [-0.15, -0.1) is 0 Å². The standard InChI is InChI=1S/C46H82NO7P/c1-6-8-10-12-14-16-18-20-22-24-25-27-29-31-33-35-37-39-46(48)52-43-45(44-54-55(49,50)53-42-40-47(3,4)5)51-41-38-36-34-32-30-28-26-23-21-19-17-15-13-11-9-7-2/h8,10,14,16,20-23,25,27,38,41,45H,6-7,9,11-13,15,17-19,24,26,28-37,39-40,42-44H2,1-5H3/b10-8-,16-14-,22-20-,23-21-,27-25-,41-38-. The monoisotopic (exact) mass is 792 g/mol. The van der Waals surface area contributed by atoms with E-state index in [9.17, 15) is 14.3 Å². The molecule has 2 atom stereocenters. The Morgan fingerprint density at radius 2 is 1.07 bits per heavy atom. The maximum absolute atomic E-state index is 12.5. The van der Waals surface area contributed by atoms with Crippen molar-refractivity contribution in [2.75, 3.05) is 47.5 Å². The number of hydrogen-bond donors (Lipinski definition) is 0. The van der Waals surface area contributed by atoms with Crippen molar-refractivity contribution in [3.8, 4) is 0 Å². The third-order valence-electron chi connectivity index (χ3n) is 8.83. The summed E-state index contributed by atoms with van der Waals surface area (Å²) in [5.74, 6) is -0.321. The van der Waals surface area contributed by atoms with Crippen LogP contribution in [0.5, 0.6) is 0 Å². The lowest BCUT2D eigenvalue weighted by Gasteiger charge is -2.28. The Kier molecular flexibility index (Phi) is 37.1. The van der Waals surface area contributed by atoms with Crippen molar-refractivity contribution >= 4 is 13.8 Å². The minimum Gasteiger partial charge on any atom is -0.756 e. The molecule has 0 spiro atoms. The Labute approximate surface area is 338 Å². The zero-order valence-corrected chi connectivity index (χ0v) is 36.7. The Morgan fingerprint density at radius 3 is 1.62 bits per heavy atom. The molecule has 9 heteroatoms. The molecule has 0 aliphatic rings. The fraction of sp³-hybridized carbons (Fsp3) is 0.717. The number of quaternary nitrogens is 1. The normalized spacial score (nSPS) is 14.4. The molecule has 0 rings (SSSR count). The lowest BCUT2D eigenvalue weighted by Crippen LogP contribution is -2.37. The zero-order chi connectivity index (χ0) is 40.6. The van der Waals surface area contributed by atoms with Crippen LogP contribution in [0.4, 0.5) is 0 Å². The molecule has 0 aliphatic heterocycles. The summed E-state index contributed by atoms with van der Waals surface area (Å²) in [5.41, 5.74) is 0. The summed E-state index contributed by atoms with van der Waals surface area (Å²) in [7, 11) is 1.33. The predicted octanol–water partition coefficient (Wildman–Crippen LogP) is 12.4.